The first-order chi connectivity index (χ1) is 20.0. The maximum absolute atomic E-state index is 5.08. The van der Waals surface area contributed by atoms with Crippen LogP contribution in [0.3, 0.4) is 0 Å². The third-order valence-electron chi connectivity index (χ3n) is 8.74. The van der Waals surface area contributed by atoms with E-state index in [9.17, 15) is 0 Å². The van der Waals surface area contributed by atoms with Crippen LogP contribution in [-0.4, -0.2) is 0 Å². The maximum atomic E-state index is 5.08. The van der Waals surface area contributed by atoms with Gasteiger partial charge in [0.05, 0.1) is 0 Å². The Labute approximate surface area is 252 Å². The highest BCUT2D eigenvalue weighted by Crippen LogP contribution is 2.49. The number of benzene rings is 7. The maximum Gasteiger partial charge on any atom is 0.0259 e. The summed E-state index contributed by atoms with van der Waals surface area (Å²) in [5.41, 5.74) is 11.1. The molecule has 0 saturated carbocycles. The van der Waals surface area contributed by atoms with E-state index >= 15 is 0 Å². The van der Waals surface area contributed by atoms with Crippen LogP contribution in [0, 0.1) is 20.8 Å². The summed E-state index contributed by atoms with van der Waals surface area (Å²) < 4.78 is 0. The van der Waals surface area contributed by atoms with E-state index in [1.807, 2.05) is 0 Å². The molecule has 0 spiro atoms. The minimum Gasteiger partial charge on any atom is -0.142 e. The van der Waals surface area contributed by atoms with E-state index < -0.39 is 0 Å². The number of hydrogen-bond donors (Lipinski definition) is 2. The summed E-state index contributed by atoms with van der Waals surface area (Å²) in [7, 11) is 0. The van der Waals surface area contributed by atoms with Crippen molar-refractivity contribution >= 4 is 57.6 Å². The Balaban J connectivity index is 1.68. The Morgan fingerprint density at radius 3 is 1.51 bits per heavy atom. The van der Waals surface area contributed by atoms with Gasteiger partial charge in [-0.05, 0) is 110 Å². The van der Waals surface area contributed by atoms with Gasteiger partial charge in [0.2, 0.25) is 0 Å². The Kier molecular flexibility index (Phi) is 6.42. The fraction of sp³-hybridized carbons (Fsp3) is 0.0769. The zero-order valence-corrected chi connectivity index (χ0v) is 25.2. The molecule has 0 aromatic heterocycles. The van der Waals surface area contributed by atoms with E-state index in [0.717, 1.165) is 9.79 Å². The molecule has 0 atom stereocenters. The summed E-state index contributed by atoms with van der Waals surface area (Å²) >= 11 is 10.0. The molecular formula is C39H30S2. The van der Waals surface area contributed by atoms with E-state index in [2.05, 4.69) is 136 Å². The quantitative estimate of drug-likeness (QED) is 0.155. The Hall–Kier alpha value is -3.98. The number of hydrogen-bond acceptors (Lipinski definition) is 2. The Bertz CT molecular complexity index is 2050. The van der Waals surface area contributed by atoms with Crippen LogP contribution in [0.2, 0.25) is 0 Å². The second kappa shape index (κ2) is 10.1. The molecule has 2 heteroatoms. The van der Waals surface area contributed by atoms with Crippen molar-refractivity contribution in [3.8, 4) is 33.4 Å². The first kappa shape index (κ1) is 26.0. The van der Waals surface area contributed by atoms with Gasteiger partial charge in [-0.25, -0.2) is 0 Å². The van der Waals surface area contributed by atoms with Crippen LogP contribution in [0.1, 0.15) is 16.7 Å². The average molecular weight is 563 g/mol. The minimum atomic E-state index is 0.938. The summed E-state index contributed by atoms with van der Waals surface area (Å²) in [5, 5.41) is 7.42. The third-order valence-corrected chi connectivity index (χ3v) is 9.92. The van der Waals surface area contributed by atoms with E-state index in [1.54, 1.807) is 0 Å². The standard InChI is InChI=1S/C39H30S2/c1-23-24(2)35(39(41)38(40)25(23)3)37-32-19-11-9-17-30(32)36(31-18-10-12-20-33(31)37)34-22-28(26-13-5-4-6-14-26)21-27-15-7-8-16-29(27)34/h4-22,40-41H,1-3H3. The van der Waals surface area contributed by atoms with Gasteiger partial charge in [0, 0.05) is 15.4 Å². The molecule has 7 rings (SSSR count). The minimum absolute atomic E-state index is 0.938. The molecule has 0 heterocycles. The van der Waals surface area contributed by atoms with Gasteiger partial charge in [0.25, 0.3) is 0 Å². The average Bonchev–Trinajstić information content (AvgIpc) is 3.02. The molecule has 0 aliphatic rings. The van der Waals surface area contributed by atoms with Crippen molar-refractivity contribution in [1.29, 1.82) is 0 Å². The van der Waals surface area contributed by atoms with Crippen molar-refractivity contribution in [3.63, 3.8) is 0 Å². The summed E-state index contributed by atoms with van der Waals surface area (Å²) in [4.78, 5) is 1.89. The van der Waals surface area contributed by atoms with Gasteiger partial charge in [0.1, 0.15) is 0 Å². The van der Waals surface area contributed by atoms with Crippen LogP contribution in [0.15, 0.2) is 125 Å². The predicted octanol–water partition coefficient (Wildman–Crippen LogP) is 11.6. The molecule has 0 radical (unpaired) electrons. The molecule has 0 amide bonds. The molecule has 0 aliphatic carbocycles. The third kappa shape index (κ3) is 4.09. The smallest absolute Gasteiger partial charge is 0.0259 e. The van der Waals surface area contributed by atoms with Gasteiger partial charge in [-0.2, -0.15) is 0 Å². The van der Waals surface area contributed by atoms with Crippen molar-refractivity contribution in [3.05, 3.63) is 132 Å². The fourth-order valence-electron chi connectivity index (χ4n) is 6.43. The van der Waals surface area contributed by atoms with Crippen LogP contribution < -0.4 is 0 Å². The normalized spacial score (nSPS) is 11.5. The second-order valence-electron chi connectivity index (χ2n) is 10.9. The van der Waals surface area contributed by atoms with Gasteiger partial charge >= 0.3 is 0 Å². The Morgan fingerprint density at radius 2 is 0.902 bits per heavy atom. The summed E-state index contributed by atoms with van der Waals surface area (Å²) in [5.74, 6) is 0. The molecule has 7 aromatic rings. The second-order valence-corrected chi connectivity index (χ2v) is 11.8. The Morgan fingerprint density at radius 1 is 0.390 bits per heavy atom. The highest BCUT2D eigenvalue weighted by atomic mass is 32.1. The van der Waals surface area contributed by atoms with Gasteiger partial charge in [0.15, 0.2) is 0 Å². The summed E-state index contributed by atoms with van der Waals surface area (Å²) in [6.45, 7) is 6.55. The molecule has 0 fully saturated rings. The van der Waals surface area contributed by atoms with Crippen molar-refractivity contribution < 1.29 is 0 Å². The van der Waals surface area contributed by atoms with Crippen LogP contribution in [0.4, 0.5) is 0 Å². The zero-order valence-electron chi connectivity index (χ0n) is 23.4. The summed E-state index contributed by atoms with van der Waals surface area (Å²) in [6.07, 6.45) is 0. The zero-order chi connectivity index (χ0) is 28.2. The molecule has 41 heavy (non-hydrogen) atoms. The van der Waals surface area contributed by atoms with Crippen molar-refractivity contribution in [2.45, 2.75) is 30.6 Å². The number of rotatable bonds is 3. The first-order valence-corrected chi connectivity index (χ1v) is 14.9. The first-order valence-electron chi connectivity index (χ1n) is 14.0. The predicted molar refractivity (Wildman–Crippen MR) is 184 cm³/mol. The fourth-order valence-corrected chi connectivity index (χ4v) is 7.16. The van der Waals surface area contributed by atoms with Gasteiger partial charge in [-0.15, -0.1) is 25.3 Å². The van der Waals surface area contributed by atoms with Crippen LogP contribution in [0.25, 0.3) is 65.7 Å². The van der Waals surface area contributed by atoms with Crippen LogP contribution in [-0.2, 0) is 0 Å². The van der Waals surface area contributed by atoms with E-state index in [1.165, 1.54) is 82.4 Å². The topological polar surface area (TPSA) is 0 Å². The molecule has 0 bridgehead atoms. The molecule has 7 aromatic carbocycles. The monoisotopic (exact) mass is 562 g/mol. The molecule has 0 aliphatic heterocycles. The highest BCUT2D eigenvalue weighted by molar-refractivity contribution is 7.83. The molecule has 198 valence electrons. The van der Waals surface area contributed by atoms with Gasteiger partial charge < -0.3 is 0 Å². The van der Waals surface area contributed by atoms with Crippen molar-refractivity contribution in [2.75, 3.05) is 0 Å². The lowest BCUT2D eigenvalue weighted by atomic mass is 9.82. The van der Waals surface area contributed by atoms with Crippen LogP contribution >= 0.6 is 25.3 Å². The van der Waals surface area contributed by atoms with E-state index in [0.29, 0.717) is 0 Å². The molecular weight excluding hydrogens is 533 g/mol. The van der Waals surface area contributed by atoms with Crippen molar-refractivity contribution in [1.82, 2.24) is 0 Å². The molecule has 0 saturated heterocycles. The summed E-state index contributed by atoms with van der Waals surface area (Å²) in [6, 6.07) is 41.8. The van der Waals surface area contributed by atoms with Gasteiger partial charge in [-0.1, -0.05) is 103 Å². The van der Waals surface area contributed by atoms with Gasteiger partial charge in [-0.3, -0.25) is 0 Å². The molecule has 0 unspecified atom stereocenters. The molecule has 0 nitrogen and oxygen atoms in total. The largest absolute Gasteiger partial charge is 0.142 e. The number of fused-ring (bicyclic) bond motifs is 3. The van der Waals surface area contributed by atoms with E-state index in [4.69, 9.17) is 25.3 Å². The molecule has 0 N–H and O–H groups in total. The number of thiol groups is 2. The highest BCUT2D eigenvalue weighted by Gasteiger charge is 2.23. The lowest BCUT2D eigenvalue weighted by Crippen LogP contribution is -1.98. The van der Waals surface area contributed by atoms with Crippen molar-refractivity contribution in [2.24, 2.45) is 0 Å². The SMILES string of the molecule is Cc1c(C)c(S)c(S)c(-c2c3ccccc3c(-c3cc(-c4ccccc4)cc4ccccc34)c3ccccc23)c1C. The van der Waals surface area contributed by atoms with Crippen LogP contribution in [0.5, 0.6) is 0 Å². The lowest BCUT2D eigenvalue weighted by Gasteiger charge is -2.23. The van der Waals surface area contributed by atoms with E-state index in [-0.39, 0.29) is 0 Å². The lowest BCUT2D eigenvalue weighted by molar-refractivity contribution is 1.11.